The molecule has 1 aromatic rings. The Morgan fingerprint density at radius 3 is 2.20 bits per heavy atom. The molecule has 2 N–H and O–H groups in total. The molecule has 1 aromatic carbocycles. The summed E-state index contributed by atoms with van der Waals surface area (Å²) in [5.74, 6) is -0.140. The number of nitrogens with zero attached hydrogens (tertiary/aromatic N) is 1. The summed E-state index contributed by atoms with van der Waals surface area (Å²) in [5, 5.41) is 5.38. The molecule has 5 heteroatoms. The Balaban J connectivity index is 2.55. The fourth-order valence-corrected chi connectivity index (χ4v) is 1.90. The highest BCUT2D eigenvalue weighted by Gasteiger charge is 2.11. The Morgan fingerprint density at radius 2 is 1.70 bits per heavy atom. The van der Waals surface area contributed by atoms with Crippen molar-refractivity contribution in [3.8, 4) is 0 Å². The molecule has 1 atom stereocenters. The van der Waals surface area contributed by atoms with Crippen LogP contribution in [0, 0.1) is 13.8 Å². The number of carbonyl (C=O) groups is 2. The maximum absolute atomic E-state index is 11.7. The number of likely N-dealkylation sites (N-methyl/N-ethyl adjacent to an activating group) is 1. The standard InChI is InChI=1S/C15H23N3O2/c1-10-6-11(2)8-13(7-10)12(3)17-15(20)16-9-14(19)18(4)5/h6-8,12H,9H2,1-5H3,(H2,16,17,20)/t12-/m0/s1. The van der Waals surface area contributed by atoms with Gasteiger partial charge in [-0.2, -0.15) is 0 Å². The second-order valence-corrected chi connectivity index (χ2v) is 5.26. The first-order chi connectivity index (χ1) is 9.29. The molecule has 0 aromatic heterocycles. The summed E-state index contributed by atoms with van der Waals surface area (Å²) in [6.45, 7) is 5.97. The van der Waals surface area contributed by atoms with Crippen LogP contribution in [-0.2, 0) is 4.79 Å². The highest BCUT2D eigenvalue weighted by Crippen LogP contribution is 2.16. The minimum absolute atomic E-state index is 0.00159. The van der Waals surface area contributed by atoms with E-state index in [-0.39, 0.29) is 24.5 Å². The molecule has 1 rings (SSSR count). The lowest BCUT2D eigenvalue weighted by molar-refractivity contribution is -0.127. The number of nitrogens with one attached hydrogen (secondary N) is 2. The van der Waals surface area contributed by atoms with Gasteiger partial charge in [0.2, 0.25) is 5.91 Å². The molecule has 0 bridgehead atoms. The number of urea groups is 1. The van der Waals surface area contributed by atoms with E-state index in [2.05, 4.69) is 16.7 Å². The molecule has 20 heavy (non-hydrogen) atoms. The van der Waals surface area contributed by atoms with Gasteiger partial charge in [-0.25, -0.2) is 4.79 Å². The molecule has 110 valence electrons. The zero-order valence-electron chi connectivity index (χ0n) is 12.8. The van der Waals surface area contributed by atoms with Crippen molar-refractivity contribution in [2.24, 2.45) is 0 Å². The summed E-state index contributed by atoms with van der Waals surface area (Å²) >= 11 is 0. The van der Waals surface area contributed by atoms with Crippen molar-refractivity contribution in [1.82, 2.24) is 15.5 Å². The van der Waals surface area contributed by atoms with E-state index in [1.807, 2.05) is 32.9 Å². The normalized spacial score (nSPS) is 11.7. The number of hydrogen-bond donors (Lipinski definition) is 2. The average Bonchev–Trinajstić information content (AvgIpc) is 2.34. The first-order valence-electron chi connectivity index (χ1n) is 6.62. The predicted octanol–water partition coefficient (Wildman–Crippen LogP) is 1.75. The highest BCUT2D eigenvalue weighted by atomic mass is 16.2. The van der Waals surface area contributed by atoms with Crippen LogP contribution in [0.4, 0.5) is 4.79 Å². The first-order valence-corrected chi connectivity index (χ1v) is 6.62. The average molecular weight is 277 g/mol. The van der Waals surface area contributed by atoms with Crippen molar-refractivity contribution < 1.29 is 9.59 Å². The minimum atomic E-state index is -0.341. The van der Waals surface area contributed by atoms with Crippen LogP contribution in [0.15, 0.2) is 18.2 Å². The van der Waals surface area contributed by atoms with Gasteiger partial charge in [0.1, 0.15) is 0 Å². The van der Waals surface area contributed by atoms with Crippen LogP contribution in [0.1, 0.15) is 29.7 Å². The van der Waals surface area contributed by atoms with Gasteiger partial charge in [-0.1, -0.05) is 29.3 Å². The number of hydrogen-bond acceptors (Lipinski definition) is 2. The molecule has 0 aliphatic rings. The number of benzene rings is 1. The van der Waals surface area contributed by atoms with E-state index in [1.165, 1.54) is 4.90 Å². The molecule has 0 aliphatic carbocycles. The van der Waals surface area contributed by atoms with Gasteiger partial charge in [0.25, 0.3) is 0 Å². The lowest BCUT2D eigenvalue weighted by atomic mass is 10.0. The first kappa shape index (κ1) is 16.0. The maximum Gasteiger partial charge on any atom is 0.315 e. The number of rotatable bonds is 4. The van der Waals surface area contributed by atoms with Gasteiger partial charge in [0, 0.05) is 14.1 Å². The lowest BCUT2D eigenvalue weighted by Crippen LogP contribution is -2.42. The molecule has 0 spiro atoms. The third-order valence-corrected chi connectivity index (χ3v) is 2.99. The van der Waals surface area contributed by atoms with Crippen LogP contribution in [0.3, 0.4) is 0 Å². The van der Waals surface area contributed by atoms with Crippen LogP contribution in [0.2, 0.25) is 0 Å². The number of amides is 3. The Hall–Kier alpha value is -2.04. The Morgan fingerprint density at radius 1 is 1.15 bits per heavy atom. The van der Waals surface area contributed by atoms with Crippen molar-refractivity contribution in [3.05, 3.63) is 34.9 Å². The van der Waals surface area contributed by atoms with Gasteiger partial charge in [-0.05, 0) is 26.3 Å². The Kier molecular flexibility index (Phi) is 5.55. The van der Waals surface area contributed by atoms with Gasteiger partial charge in [0.15, 0.2) is 0 Å². The van der Waals surface area contributed by atoms with Crippen molar-refractivity contribution >= 4 is 11.9 Å². The van der Waals surface area contributed by atoms with E-state index in [9.17, 15) is 9.59 Å². The van der Waals surface area contributed by atoms with E-state index in [0.29, 0.717) is 0 Å². The molecule has 0 aliphatic heterocycles. The zero-order valence-corrected chi connectivity index (χ0v) is 12.8. The summed E-state index contributed by atoms with van der Waals surface area (Å²) in [6.07, 6.45) is 0. The van der Waals surface area contributed by atoms with E-state index in [0.717, 1.165) is 16.7 Å². The third-order valence-electron chi connectivity index (χ3n) is 2.99. The van der Waals surface area contributed by atoms with E-state index in [4.69, 9.17) is 0 Å². The van der Waals surface area contributed by atoms with Crippen LogP contribution >= 0.6 is 0 Å². The van der Waals surface area contributed by atoms with E-state index >= 15 is 0 Å². The van der Waals surface area contributed by atoms with Crippen molar-refractivity contribution in [2.45, 2.75) is 26.8 Å². The van der Waals surface area contributed by atoms with E-state index < -0.39 is 0 Å². The summed E-state index contributed by atoms with van der Waals surface area (Å²) < 4.78 is 0. The lowest BCUT2D eigenvalue weighted by Gasteiger charge is -2.17. The van der Waals surface area contributed by atoms with Crippen molar-refractivity contribution in [1.29, 1.82) is 0 Å². The van der Waals surface area contributed by atoms with Gasteiger partial charge < -0.3 is 15.5 Å². The topological polar surface area (TPSA) is 61.4 Å². The monoisotopic (exact) mass is 277 g/mol. The van der Waals surface area contributed by atoms with Crippen LogP contribution in [-0.4, -0.2) is 37.5 Å². The fraction of sp³-hybridized carbons (Fsp3) is 0.467. The van der Waals surface area contributed by atoms with Crippen molar-refractivity contribution in [3.63, 3.8) is 0 Å². The van der Waals surface area contributed by atoms with Gasteiger partial charge in [0.05, 0.1) is 12.6 Å². The summed E-state index contributed by atoms with van der Waals surface area (Å²) in [6, 6.07) is 5.73. The summed E-state index contributed by atoms with van der Waals surface area (Å²) in [5.41, 5.74) is 3.38. The smallest absolute Gasteiger partial charge is 0.315 e. The SMILES string of the molecule is Cc1cc(C)cc([C@H](C)NC(=O)NCC(=O)N(C)C)c1. The molecule has 3 amide bonds. The second kappa shape index (κ2) is 6.93. The minimum Gasteiger partial charge on any atom is -0.347 e. The molecule has 0 fully saturated rings. The van der Waals surface area contributed by atoms with Crippen molar-refractivity contribution in [2.75, 3.05) is 20.6 Å². The fourth-order valence-electron chi connectivity index (χ4n) is 1.90. The second-order valence-electron chi connectivity index (χ2n) is 5.26. The molecular weight excluding hydrogens is 254 g/mol. The third kappa shape index (κ3) is 4.91. The van der Waals surface area contributed by atoms with Gasteiger partial charge >= 0.3 is 6.03 Å². The Labute approximate surface area is 120 Å². The van der Waals surface area contributed by atoms with E-state index in [1.54, 1.807) is 14.1 Å². The molecule has 0 saturated carbocycles. The largest absolute Gasteiger partial charge is 0.347 e. The summed E-state index contributed by atoms with van der Waals surface area (Å²) in [4.78, 5) is 24.5. The molecule has 0 saturated heterocycles. The molecule has 0 radical (unpaired) electrons. The zero-order chi connectivity index (χ0) is 15.3. The maximum atomic E-state index is 11.7. The quantitative estimate of drug-likeness (QED) is 0.881. The molecular formula is C15H23N3O2. The van der Waals surface area contributed by atoms with Gasteiger partial charge in [-0.15, -0.1) is 0 Å². The molecule has 0 unspecified atom stereocenters. The number of carbonyl (C=O) groups excluding carboxylic acids is 2. The van der Waals surface area contributed by atoms with Crippen LogP contribution in [0.5, 0.6) is 0 Å². The Bertz CT molecular complexity index is 478. The predicted molar refractivity (Wildman–Crippen MR) is 79.6 cm³/mol. The molecule has 0 heterocycles. The molecule has 5 nitrogen and oxygen atoms in total. The van der Waals surface area contributed by atoms with Gasteiger partial charge in [-0.3, -0.25) is 4.79 Å². The number of aryl methyl sites for hydroxylation is 2. The van der Waals surface area contributed by atoms with Crippen LogP contribution < -0.4 is 10.6 Å². The summed E-state index contributed by atoms with van der Waals surface area (Å²) in [7, 11) is 3.31. The van der Waals surface area contributed by atoms with Crippen LogP contribution in [0.25, 0.3) is 0 Å². The highest BCUT2D eigenvalue weighted by molar-refractivity contribution is 5.83.